The van der Waals surface area contributed by atoms with E-state index in [0.717, 1.165) is 22.4 Å². The minimum absolute atomic E-state index is 0.0944. The van der Waals surface area contributed by atoms with E-state index in [-0.39, 0.29) is 17.7 Å². The van der Waals surface area contributed by atoms with Gasteiger partial charge < -0.3 is 10.0 Å². The molecule has 5 nitrogen and oxygen atoms in total. The molecule has 0 aliphatic carbocycles. The van der Waals surface area contributed by atoms with Crippen LogP contribution in [-0.4, -0.2) is 33.2 Å². The zero-order valence-electron chi connectivity index (χ0n) is 12.5. The van der Waals surface area contributed by atoms with Gasteiger partial charge in [-0.05, 0) is 17.7 Å². The first-order valence-corrected chi connectivity index (χ1v) is 7.36. The number of carbonyl (C=O) groups is 1. The smallest absolute Gasteiger partial charge is 0.272 e. The van der Waals surface area contributed by atoms with Crippen LogP contribution < -0.4 is 0 Å². The van der Waals surface area contributed by atoms with E-state index in [9.17, 15) is 9.90 Å². The number of phenolic OH excluding ortho intramolecular Hbond substituents is 1. The highest BCUT2D eigenvalue weighted by atomic mass is 16.3. The Bertz CT molecular complexity index is 886. The SMILES string of the molecule is CN1C(=O)c2[nH]nc(-c3ccccc3)c2C1c1cccc(O)c1. The fourth-order valence-electron chi connectivity index (χ4n) is 3.17. The molecule has 0 bridgehead atoms. The molecule has 3 aromatic rings. The Balaban J connectivity index is 1.92. The summed E-state index contributed by atoms with van der Waals surface area (Å²) in [7, 11) is 1.76. The van der Waals surface area contributed by atoms with E-state index < -0.39 is 0 Å². The lowest BCUT2D eigenvalue weighted by molar-refractivity contribution is 0.0787. The van der Waals surface area contributed by atoms with Crippen molar-refractivity contribution in [3.05, 3.63) is 71.4 Å². The largest absolute Gasteiger partial charge is 0.508 e. The lowest BCUT2D eigenvalue weighted by Gasteiger charge is -2.22. The number of carbonyl (C=O) groups excluding carboxylic acids is 1. The fourth-order valence-corrected chi connectivity index (χ4v) is 3.17. The second-order valence-electron chi connectivity index (χ2n) is 5.64. The molecule has 1 aliphatic rings. The molecular weight excluding hydrogens is 290 g/mol. The summed E-state index contributed by atoms with van der Waals surface area (Å²) in [6.07, 6.45) is 0. The first kappa shape index (κ1) is 13.6. The van der Waals surface area contributed by atoms with Crippen LogP contribution in [0.4, 0.5) is 0 Å². The van der Waals surface area contributed by atoms with Gasteiger partial charge in [-0.3, -0.25) is 9.89 Å². The van der Waals surface area contributed by atoms with Crippen molar-refractivity contribution in [1.82, 2.24) is 15.1 Å². The predicted molar refractivity (Wildman–Crippen MR) is 86.1 cm³/mol. The molecule has 4 rings (SSSR count). The average molecular weight is 305 g/mol. The van der Waals surface area contributed by atoms with Crippen molar-refractivity contribution >= 4 is 5.91 Å². The van der Waals surface area contributed by atoms with E-state index in [1.165, 1.54) is 0 Å². The number of aromatic hydroxyl groups is 1. The third-order valence-corrected chi connectivity index (χ3v) is 4.23. The van der Waals surface area contributed by atoms with Gasteiger partial charge in [-0.2, -0.15) is 5.10 Å². The Kier molecular flexibility index (Phi) is 2.94. The molecule has 1 aromatic heterocycles. The Morgan fingerprint density at radius 1 is 1.13 bits per heavy atom. The van der Waals surface area contributed by atoms with Crippen molar-refractivity contribution in [1.29, 1.82) is 0 Å². The van der Waals surface area contributed by atoms with Crippen LogP contribution in [0.15, 0.2) is 54.6 Å². The summed E-state index contributed by atoms with van der Waals surface area (Å²) >= 11 is 0. The molecule has 5 heteroatoms. The van der Waals surface area contributed by atoms with Crippen molar-refractivity contribution in [2.45, 2.75) is 6.04 Å². The van der Waals surface area contributed by atoms with E-state index in [0.29, 0.717) is 5.69 Å². The Hall–Kier alpha value is -3.08. The molecule has 0 spiro atoms. The molecule has 114 valence electrons. The summed E-state index contributed by atoms with van der Waals surface area (Å²) in [5.74, 6) is 0.0876. The molecular formula is C18H15N3O2. The number of nitrogens with zero attached hydrogens (tertiary/aromatic N) is 2. The molecule has 2 aromatic carbocycles. The number of hydrogen-bond donors (Lipinski definition) is 2. The topological polar surface area (TPSA) is 69.2 Å². The number of rotatable bonds is 2. The van der Waals surface area contributed by atoms with Crippen LogP contribution in [-0.2, 0) is 0 Å². The zero-order valence-corrected chi connectivity index (χ0v) is 12.5. The first-order valence-electron chi connectivity index (χ1n) is 7.36. The molecule has 0 fully saturated rings. The van der Waals surface area contributed by atoms with Gasteiger partial charge in [0, 0.05) is 18.2 Å². The number of phenols is 1. The van der Waals surface area contributed by atoms with Gasteiger partial charge >= 0.3 is 0 Å². The van der Waals surface area contributed by atoms with E-state index in [1.54, 1.807) is 30.1 Å². The molecule has 1 aliphatic heterocycles. The second kappa shape index (κ2) is 4.98. The number of aromatic amines is 1. The van der Waals surface area contributed by atoms with E-state index in [1.807, 2.05) is 36.4 Å². The Morgan fingerprint density at radius 3 is 2.65 bits per heavy atom. The first-order chi connectivity index (χ1) is 11.2. The Morgan fingerprint density at radius 2 is 1.91 bits per heavy atom. The van der Waals surface area contributed by atoms with E-state index >= 15 is 0 Å². The van der Waals surface area contributed by atoms with Crippen molar-refractivity contribution in [3.63, 3.8) is 0 Å². The number of aromatic nitrogens is 2. The predicted octanol–water partition coefficient (Wildman–Crippen LogP) is 2.96. The van der Waals surface area contributed by atoms with Gasteiger partial charge in [0.1, 0.15) is 11.4 Å². The Labute approximate surface area is 133 Å². The van der Waals surface area contributed by atoms with Gasteiger partial charge in [0.25, 0.3) is 5.91 Å². The summed E-state index contributed by atoms with van der Waals surface area (Å²) in [6, 6.07) is 16.5. The molecule has 1 unspecified atom stereocenters. The van der Waals surface area contributed by atoms with Gasteiger partial charge in [0.05, 0.1) is 11.7 Å². The third-order valence-electron chi connectivity index (χ3n) is 4.23. The minimum Gasteiger partial charge on any atom is -0.508 e. The monoisotopic (exact) mass is 305 g/mol. The van der Waals surface area contributed by atoms with Crippen LogP contribution in [0.5, 0.6) is 5.75 Å². The maximum Gasteiger partial charge on any atom is 0.272 e. The number of hydrogen-bond acceptors (Lipinski definition) is 3. The van der Waals surface area contributed by atoms with Gasteiger partial charge in [-0.25, -0.2) is 0 Å². The maximum atomic E-state index is 12.5. The quantitative estimate of drug-likeness (QED) is 0.765. The highest BCUT2D eigenvalue weighted by molar-refractivity contribution is 6.00. The number of nitrogens with one attached hydrogen (secondary N) is 1. The van der Waals surface area contributed by atoms with Gasteiger partial charge in [-0.15, -0.1) is 0 Å². The summed E-state index contributed by atoms with van der Waals surface area (Å²) in [4.78, 5) is 14.2. The van der Waals surface area contributed by atoms with Crippen LogP contribution in [0.25, 0.3) is 11.3 Å². The maximum absolute atomic E-state index is 12.5. The molecule has 0 radical (unpaired) electrons. The van der Waals surface area contributed by atoms with Crippen LogP contribution >= 0.6 is 0 Å². The highest BCUT2D eigenvalue weighted by Crippen LogP contribution is 2.42. The van der Waals surface area contributed by atoms with Crippen LogP contribution in [0.2, 0.25) is 0 Å². The van der Waals surface area contributed by atoms with Gasteiger partial charge in [0.2, 0.25) is 0 Å². The highest BCUT2D eigenvalue weighted by Gasteiger charge is 2.40. The molecule has 2 heterocycles. The molecule has 2 N–H and O–H groups in total. The second-order valence-corrected chi connectivity index (χ2v) is 5.64. The van der Waals surface area contributed by atoms with Crippen LogP contribution in [0.3, 0.4) is 0 Å². The zero-order chi connectivity index (χ0) is 16.0. The summed E-state index contributed by atoms with van der Waals surface area (Å²) in [6.45, 7) is 0. The van der Waals surface area contributed by atoms with E-state index in [2.05, 4.69) is 10.2 Å². The van der Waals surface area contributed by atoms with Gasteiger partial charge in [0.15, 0.2) is 0 Å². The lowest BCUT2D eigenvalue weighted by Crippen LogP contribution is -2.24. The number of fused-ring (bicyclic) bond motifs is 1. The normalized spacial score (nSPS) is 16.7. The number of H-pyrrole nitrogens is 1. The van der Waals surface area contributed by atoms with Crippen molar-refractivity contribution < 1.29 is 9.90 Å². The third kappa shape index (κ3) is 2.01. The molecule has 1 amide bonds. The number of benzene rings is 2. The summed E-state index contributed by atoms with van der Waals surface area (Å²) < 4.78 is 0. The molecule has 23 heavy (non-hydrogen) atoms. The van der Waals surface area contributed by atoms with Crippen molar-refractivity contribution in [2.24, 2.45) is 0 Å². The average Bonchev–Trinajstić information content (AvgIpc) is 3.09. The summed E-state index contributed by atoms with van der Waals surface area (Å²) in [5, 5.41) is 17.0. The van der Waals surface area contributed by atoms with Crippen molar-refractivity contribution in [3.8, 4) is 17.0 Å². The summed E-state index contributed by atoms with van der Waals surface area (Å²) in [5.41, 5.74) is 3.96. The molecule has 0 saturated heterocycles. The molecule has 1 atom stereocenters. The van der Waals surface area contributed by atoms with E-state index in [4.69, 9.17) is 0 Å². The van der Waals surface area contributed by atoms with Crippen LogP contribution in [0, 0.1) is 0 Å². The van der Waals surface area contributed by atoms with Crippen molar-refractivity contribution in [2.75, 3.05) is 7.05 Å². The lowest BCUT2D eigenvalue weighted by atomic mass is 9.96. The van der Waals surface area contributed by atoms with Gasteiger partial charge in [-0.1, -0.05) is 42.5 Å². The fraction of sp³-hybridized carbons (Fsp3) is 0.111. The molecule has 0 saturated carbocycles. The minimum atomic E-state index is -0.265. The standard InChI is InChI=1S/C18H15N3O2/c1-21-17(12-8-5-9-13(22)10-12)14-15(11-6-3-2-4-7-11)19-20-16(14)18(21)23/h2-10,17,22H,1H3,(H,19,20). The van der Waals surface area contributed by atoms with Crippen LogP contribution in [0.1, 0.15) is 27.7 Å². The number of amides is 1.